The third-order valence-electron chi connectivity index (χ3n) is 9.30. The number of hydrogen-bond donors (Lipinski definition) is 1. The summed E-state index contributed by atoms with van der Waals surface area (Å²) < 4.78 is 12.6. The van der Waals surface area contributed by atoms with Crippen LogP contribution in [0.15, 0.2) is 55.6 Å². The Bertz CT molecular complexity index is 1120. The Balaban J connectivity index is 1.75. The standard InChI is InChI=1S/C33H46N2O6/c1-6-9-10-14-20-40-31(39)27-26-29(37)35(25(22-36)21-24-15-12-11-13-16-24)28(30(38)34(19-7-2)23(4)5)33(26)18-17-32(27,8-3)41-33/h6-7,11-13,15-16,23,25-28,36H,1-2,8-10,14,17-22H2,3-5H3/t25-,26+,27-,28?,32+,33?/m1/s1. The van der Waals surface area contributed by atoms with Crippen LogP contribution in [0, 0.1) is 11.8 Å². The lowest BCUT2D eigenvalue weighted by Gasteiger charge is -2.40. The van der Waals surface area contributed by atoms with Gasteiger partial charge in [0.1, 0.15) is 17.6 Å². The number of esters is 1. The maximum Gasteiger partial charge on any atom is 0.312 e. The monoisotopic (exact) mass is 566 g/mol. The predicted octanol–water partition coefficient (Wildman–Crippen LogP) is 4.07. The van der Waals surface area contributed by atoms with Gasteiger partial charge in [-0.2, -0.15) is 0 Å². The highest BCUT2D eigenvalue weighted by atomic mass is 16.6. The molecule has 3 fully saturated rings. The lowest BCUT2D eigenvalue weighted by Crippen LogP contribution is -2.60. The second-order valence-corrected chi connectivity index (χ2v) is 11.9. The summed E-state index contributed by atoms with van der Waals surface area (Å²) in [4.78, 5) is 46.0. The molecule has 0 aliphatic carbocycles. The number of allylic oxidation sites excluding steroid dienone is 1. The molecule has 0 saturated carbocycles. The molecule has 6 atom stereocenters. The lowest BCUT2D eigenvalue weighted by molar-refractivity contribution is -0.164. The number of amides is 2. The van der Waals surface area contributed by atoms with Crippen molar-refractivity contribution in [3.8, 4) is 0 Å². The molecule has 2 unspecified atom stereocenters. The fraction of sp³-hybridized carbons (Fsp3) is 0.606. The van der Waals surface area contributed by atoms with Gasteiger partial charge in [0.15, 0.2) is 0 Å². The van der Waals surface area contributed by atoms with E-state index in [9.17, 15) is 19.5 Å². The highest BCUT2D eigenvalue weighted by Crippen LogP contribution is 2.65. The average molecular weight is 567 g/mol. The van der Waals surface area contributed by atoms with Gasteiger partial charge in [0, 0.05) is 12.6 Å². The topological polar surface area (TPSA) is 96.4 Å². The van der Waals surface area contributed by atoms with E-state index in [-0.39, 0.29) is 31.1 Å². The van der Waals surface area contributed by atoms with E-state index < -0.39 is 41.1 Å². The van der Waals surface area contributed by atoms with Crippen LogP contribution in [0.4, 0.5) is 0 Å². The normalized spacial score (nSPS) is 29.0. The van der Waals surface area contributed by atoms with E-state index >= 15 is 0 Å². The van der Waals surface area contributed by atoms with E-state index in [2.05, 4.69) is 13.2 Å². The number of carbonyl (C=O) groups excluding carboxylic acids is 3. The molecule has 1 spiro atoms. The van der Waals surface area contributed by atoms with Crippen molar-refractivity contribution in [3.63, 3.8) is 0 Å². The number of aliphatic hydroxyl groups excluding tert-OH is 1. The molecule has 3 heterocycles. The number of ether oxygens (including phenoxy) is 2. The second-order valence-electron chi connectivity index (χ2n) is 11.9. The smallest absolute Gasteiger partial charge is 0.312 e. The summed E-state index contributed by atoms with van der Waals surface area (Å²) in [6.07, 6.45) is 7.87. The molecule has 4 rings (SSSR count). The van der Waals surface area contributed by atoms with Crippen LogP contribution in [0.1, 0.15) is 64.9 Å². The summed E-state index contributed by atoms with van der Waals surface area (Å²) in [6.45, 7) is 13.6. The lowest BCUT2D eigenvalue weighted by atomic mass is 9.65. The quantitative estimate of drug-likeness (QED) is 0.195. The summed E-state index contributed by atoms with van der Waals surface area (Å²) in [5, 5.41) is 10.6. The van der Waals surface area contributed by atoms with Crippen LogP contribution in [0.2, 0.25) is 0 Å². The Morgan fingerprint density at radius 2 is 1.93 bits per heavy atom. The number of likely N-dealkylation sites (tertiary alicyclic amines) is 1. The van der Waals surface area contributed by atoms with Crippen LogP contribution in [-0.4, -0.2) is 81.8 Å². The maximum atomic E-state index is 14.5. The third kappa shape index (κ3) is 5.48. The molecule has 3 aliphatic heterocycles. The first-order chi connectivity index (χ1) is 19.7. The van der Waals surface area contributed by atoms with Gasteiger partial charge in [0.2, 0.25) is 11.8 Å². The van der Waals surface area contributed by atoms with Gasteiger partial charge < -0.3 is 24.4 Å². The summed E-state index contributed by atoms with van der Waals surface area (Å²) >= 11 is 0. The first-order valence-corrected chi connectivity index (χ1v) is 15.1. The van der Waals surface area contributed by atoms with Crippen LogP contribution in [-0.2, 0) is 30.3 Å². The van der Waals surface area contributed by atoms with E-state index in [0.717, 1.165) is 18.4 Å². The van der Waals surface area contributed by atoms with Gasteiger partial charge in [-0.1, -0.05) is 49.4 Å². The molecule has 0 aromatic heterocycles. The molecule has 0 radical (unpaired) electrons. The number of unbranched alkanes of at least 4 members (excludes halogenated alkanes) is 2. The van der Waals surface area contributed by atoms with Crippen LogP contribution in [0.5, 0.6) is 0 Å². The fourth-order valence-corrected chi connectivity index (χ4v) is 7.33. The molecule has 3 aliphatic rings. The first-order valence-electron chi connectivity index (χ1n) is 15.1. The Kier molecular flexibility index (Phi) is 9.75. The summed E-state index contributed by atoms with van der Waals surface area (Å²) in [5.41, 5.74) is -1.09. The van der Waals surface area contributed by atoms with E-state index in [4.69, 9.17) is 9.47 Å². The largest absolute Gasteiger partial charge is 0.465 e. The number of aliphatic hydroxyl groups is 1. The van der Waals surface area contributed by atoms with Gasteiger partial charge in [-0.05, 0) is 64.4 Å². The zero-order valence-electron chi connectivity index (χ0n) is 24.8. The number of benzene rings is 1. The summed E-state index contributed by atoms with van der Waals surface area (Å²) in [7, 11) is 0. The highest BCUT2D eigenvalue weighted by Gasteiger charge is 2.79. The molecular weight excluding hydrogens is 520 g/mol. The Hall–Kier alpha value is -2.97. The number of nitrogens with zero attached hydrogens (tertiary/aromatic N) is 2. The van der Waals surface area contributed by atoms with Gasteiger partial charge in [-0.3, -0.25) is 14.4 Å². The molecule has 41 heavy (non-hydrogen) atoms. The van der Waals surface area contributed by atoms with E-state index in [1.807, 2.05) is 57.2 Å². The van der Waals surface area contributed by atoms with Crippen LogP contribution < -0.4 is 0 Å². The van der Waals surface area contributed by atoms with E-state index in [1.165, 1.54) is 0 Å². The van der Waals surface area contributed by atoms with Gasteiger partial charge in [-0.15, -0.1) is 13.2 Å². The minimum Gasteiger partial charge on any atom is -0.465 e. The molecule has 224 valence electrons. The summed E-state index contributed by atoms with van der Waals surface area (Å²) in [5.74, 6) is -2.66. The van der Waals surface area contributed by atoms with Crippen molar-refractivity contribution in [2.45, 2.75) is 95.0 Å². The van der Waals surface area contributed by atoms with Crippen molar-refractivity contribution in [3.05, 3.63) is 61.2 Å². The third-order valence-corrected chi connectivity index (χ3v) is 9.30. The first kappa shape index (κ1) is 31.0. The molecule has 1 N–H and O–H groups in total. The fourth-order valence-electron chi connectivity index (χ4n) is 7.33. The van der Waals surface area contributed by atoms with Crippen molar-refractivity contribution in [1.29, 1.82) is 0 Å². The minimum absolute atomic E-state index is 0.148. The Morgan fingerprint density at radius 1 is 1.20 bits per heavy atom. The molecular formula is C33H46N2O6. The zero-order chi connectivity index (χ0) is 29.8. The van der Waals surface area contributed by atoms with Crippen molar-refractivity contribution in [1.82, 2.24) is 9.80 Å². The molecule has 2 amide bonds. The van der Waals surface area contributed by atoms with Crippen molar-refractivity contribution >= 4 is 17.8 Å². The molecule has 8 heteroatoms. The molecule has 1 aromatic rings. The van der Waals surface area contributed by atoms with Crippen LogP contribution in [0.25, 0.3) is 0 Å². The van der Waals surface area contributed by atoms with Crippen LogP contribution in [0.3, 0.4) is 0 Å². The van der Waals surface area contributed by atoms with Gasteiger partial charge in [0.05, 0.1) is 30.8 Å². The average Bonchev–Trinajstić information content (AvgIpc) is 3.58. The SMILES string of the molecule is C=CCCCCOC(=O)[C@H]1[C@H]2C(=O)N([C@@H](CO)Cc3ccccc3)C(C(=O)N(CC=C)C(C)C)C23CC[C@]1(CC)O3. The summed E-state index contributed by atoms with van der Waals surface area (Å²) in [6, 6.07) is 7.84. The molecule has 1 aromatic carbocycles. The van der Waals surface area contributed by atoms with Crippen molar-refractivity contribution in [2.75, 3.05) is 19.8 Å². The zero-order valence-corrected chi connectivity index (χ0v) is 24.8. The maximum absolute atomic E-state index is 14.5. The number of hydrogen-bond acceptors (Lipinski definition) is 6. The number of carbonyl (C=O) groups is 3. The minimum atomic E-state index is -1.17. The number of fused-ring (bicyclic) bond motifs is 1. The van der Waals surface area contributed by atoms with Gasteiger partial charge in [-0.25, -0.2) is 0 Å². The molecule has 2 bridgehead atoms. The Morgan fingerprint density at radius 3 is 2.54 bits per heavy atom. The molecule has 8 nitrogen and oxygen atoms in total. The van der Waals surface area contributed by atoms with Crippen molar-refractivity contribution in [2.24, 2.45) is 11.8 Å². The Labute approximate surface area is 244 Å². The predicted molar refractivity (Wildman–Crippen MR) is 157 cm³/mol. The van der Waals surface area contributed by atoms with Crippen LogP contribution >= 0.6 is 0 Å². The highest BCUT2D eigenvalue weighted by molar-refractivity contribution is 5.99. The van der Waals surface area contributed by atoms with Gasteiger partial charge >= 0.3 is 5.97 Å². The molecule has 3 saturated heterocycles. The van der Waals surface area contributed by atoms with Gasteiger partial charge in [0.25, 0.3) is 0 Å². The second kappa shape index (κ2) is 12.9. The number of rotatable bonds is 15. The van der Waals surface area contributed by atoms with Crippen molar-refractivity contribution < 1.29 is 29.0 Å². The van der Waals surface area contributed by atoms with E-state index in [0.29, 0.717) is 38.6 Å². The van der Waals surface area contributed by atoms with E-state index in [1.54, 1.807) is 15.9 Å².